The summed E-state index contributed by atoms with van der Waals surface area (Å²) in [7, 11) is 0. The molecule has 2 heterocycles. The first-order chi connectivity index (χ1) is 12.5. The van der Waals surface area contributed by atoms with E-state index in [9.17, 15) is 14.7 Å². The molecule has 0 spiro atoms. The average molecular weight is 364 g/mol. The first-order valence-corrected chi connectivity index (χ1v) is 9.43. The Labute approximate surface area is 153 Å². The minimum Gasteiger partial charge on any atom is -0.393 e. The van der Waals surface area contributed by atoms with Crippen molar-refractivity contribution in [1.29, 1.82) is 0 Å². The number of aromatic nitrogens is 1. The van der Waals surface area contributed by atoms with Crippen LogP contribution >= 0.6 is 0 Å². The zero-order valence-corrected chi connectivity index (χ0v) is 15.2. The smallest absolute Gasteiger partial charge is 0.273 e. The summed E-state index contributed by atoms with van der Waals surface area (Å²) < 4.78 is 5.23. The van der Waals surface area contributed by atoms with Crippen molar-refractivity contribution in [2.75, 3.05) is 13.1 Å². The number of aliphatic hydroxyl groups is 1. The molecule has 1 aromatic rings. The van der Waals surface area contributed by atoms with Crippen molar-refractivity contribution in [2.24, 2.45) is 5.73 Å². The molecule has 2 amide bonds. The van der Waals surface area contributed by atoms with E-state index in [2.05, 4.69) is 10.5 Å². The van der Waals surface area contributed by atoms with Gasteiger partial charge in [-0.15, -0.1) is 0 Å². The number of nitrogens with zero attached hydrogens (tertiary/aromatic N) is 2. The van der Waals surface area contributed by atoms with Gasteiger partial charge in [0, 0.05) is 30.6 Å². The van der Waals surface area contributed by atoms with Crippen LogP contribution in [0.15, 0.2) is 10.6 Å². The lowest BCUT2D eigenvalue weighted by Crippen LogP contribution is -2.51. The molecule has 8 nitrogen and oxygen atoms in total. The molecule has 0 aromatic carbocycles. The minimum absolute atomic E-state index is 0.00316. The van der Waals surface area contributed by atoms with Gasteiger partial charge in [-0.25, -0.2) is 0 Å². The van der Waals surface area contributed by atoms with Crippen LogP contribution in [-0.4, -0.2) is 58.3 Å². The molecule has 3 rings (SSSR count). The number of hydrogen-bond acceptors (Lipinski definition) is 6. The van der Waals surface area contributed by atoms with Crippen LogP contribution in [0.2, 0.25) is 0 Å². The maximum Gasteiger partial charge on any atom is 0.273 e. The molecule has 2 fully saturated rings. The van der Waals surface area contributed by atoms with E-state index in [1.165, 1.54) is 0 Å². The van der Waals surface area contributed by atoms with E-state index < -0.39 is 6.10 Å². The van der Waals surface area contributed by atoms with Gasteiger partial charge in [0.1, 0.15) is 5.76 Å². The Hall–Kier alpha value is -1.93. The number of carbonyl (C=O) groups is 2. The Morgan fingerprint density at radius 2 is 2.23 bits per heavy atom. The number of nitrogens with two attached hydrogens (primary N) is 1. The van der Waals surface area contributed by atoms with Crippen LogP contribution in [0.25, 0.3) is 0 Å². The molecule has 1 unspecified atom stereocenters. The number of aliphatic hydroxyl groups excluding tert-OH is 1. The van der Waals surface area contributed by atoms with Gasteiger partial charge in [0.15, 0.2) is 5.69 Å². The molecule has 2 aliphatic rings. The second-order valence-corrected chi connectivity index (χ2v) is 7.46. The van der Waals surface area contributed by atoms with Crippen LogP contribution in [-0.2, 0) is 4.79 Å². The predicted octanol–water partition coefficient (Wildman–Crippen LogP) is 0.761. The molecule has 1 aliphatic carbocycles. The normalized spacial score (nSPS) is 24.3. The fraction of sp³-hybridized carbons (Fsp3) is 0.722. The topological polar surface area (TPSA) is 122 Å². The molecular formula is C18H28N4O4. The van der Waals surface area contributed by atoms with E-state index in [1.54, 1.807) is 11.0 Å². The SMILES string of the molecule is C[C@H]1CC(NC(=O)c2cc(C3CC3)on2)CCN1C(=O)C[C@H](O)CCN. The largest absolute Gasteiger partial charge is 0.393 e. The highest BCUT2D eigenvalue weighted by Gasteiger charge is 2.32. The standard InChI is InChI=1S/C18H28N4O4/c1-11-8-13(5-7-22(11)17(24)9-14(23)4-6-19)20-18(25)15-10-16(26-21-15)12-2-3-12/h10-14,23H,2-9,19H2,1H3,(H,20,25)/t11-,13?,14+/m0/s1. The quantitative estimate of drug-likeness (QED) is 0.657. The minimum atomic E-state index is -0.690. The van der Waals surface area contributed by atoms with Gasteiger partial charge < -0.3 is 25.6 Å². The second kappa shape index (κ2) is 8.18. The Morgan fingerprint density at radius 3 is 2.88 bits per heavy atom. The maximum absolute atomic E-state index is 12.3. The summed E-state index contributed by atoms with van der Waals surface area (Å²) in [6.07, 6.45) is 3.39. The Bertz CT molecular complexity index is 643. The monoisotopic (exact) mass is 364 g/mol. The van der Waals surface area contributed by atoms with Crippen molar-refractivity contribution in [3.63, 3.8) is 0 Å². The molecule has 0 radical (unpaired) electrons. The van der Waals surface area contributed by atoms with Crippen molar-refractivity contribution in [3.05, 3.63) is 17.5 Å². The van der Waals surface area contributed by atoms with Crippen molar-refractivity contribution >= 4 is 11.8 Å². The fourth-order valence-corrected chi connectivity index (χ4v) is 3.50. The predicted molar refractivity (Wildman–Crippen MR) is 94.4 cm³/mol. The summed E-state index contributed by atoms with van der Waals surface area (Å²) in [5.41, 5.74) is 5.73. The van der Waals surface area contributed by atoms with Gasteiger partial charge in [0.2, 0.25) is 5.91 Å². The molecule has 144 valence electrons. The highest BCUT2D eigenvalue weighted by atomic mass is 16.5. The number of carbonyl (C=O) groups excluding carboxylic acids is 2. The van der Waals surface area contributed by atoms with E-state index in [1.807, 2.05) is 6.92 Å². The molecule has 4 N–H and O–H groups in total. The van der Waals surface area contributed by atoms with Crippen LogP contribution in [0.4, 0.5) is 0 Å². The van der Waals surface area contributed by atoms with Gasteiger partial charge in [-0.1, -0.05) is 5.16 Å². The third-order valence-electron chi connectivity index (χ3n) is 5.18. The average Bonchev–Trinajstić information content (AvgIpc) is 3.31. The van der Waals surface area contributed by atoms with E-state index in [4.69, 9.17) is 10.3 Å². The highest BCUT2D eigenvalue weighted by molar-refractivity contribution is 5.92. The van der Waals surface area contributed by atoms with E-state index in [0.717, 1.165) is 18.6 Å². The molecule has 1 aliphatic heterocycles. The molecule has 0 bridgehead atoms. The lowest BCUT2D eigenvalue weighted by molar-refractivity contribution is -0.136. The van der Waals surface area contributed by atoms with E-state index >= 15 is 0 Å². The van der Waals surface area contributed by atoms with Crippen LogP contribution in [0.1, 0.15) is 67.6 Å². The molecular weight excluding hydrogens is 336 g/mol. The van der Waals surface area contributed by atoms with Gasteiger partial charge in [-0.3, -0.25) is 9.59 Å². The molecule has 26 heavy (non-hydrogen) atoms. The van der Waals surface area contributed by atoms with Crippen molar-refractivity contribution in [2.45, 2.75) is 69.6 Å². The zero-order valence-electron chi connectivity index (χ0n) is 15.2. The van der Waals surface area contributed by atoms with Crippen molar-refractivity contribution in [3.8, 4) is 0 Å². The fourth-order valence-electron chi connectivity index (χ4n) is 3.50. The van der Waals surface area contributed by atoms with E-state index in [0.29, 0.717) is 44.0 Å². The number of amides is 2. The number of likely N-dealkylation sites (tertiary alicyclic amines) is 1. The molecule has 1 saturated heterocycles. The van der Waals surface area contributed by atoms with Gasteiger partial charge in [-0.2, -0.15) is 0 Å². The van der Waals surface area contributed by atoms with Gasteiger partial charge in [-0.05, 0) is 45.6 Å². The number of hydrogen-bond donors (Lipinski definition) is 3. The molecule has 3 atom stereocenters. The van der Waals surface area contributed by atoms with Crippen molar-refractivity contribution < 1.29 is 19.2 Å². The lowest BCUT2D eigenvalue weighted by Gasteiger charge is -2.38. The third-order valence-corrected chi connectivity index (χ3v) is 5.18. The summed E-state index contributed by atoms with van der Waals surface area (Å²) in [6, 6.07) is 1.73. The van der Waals surface area contributed by atoms with Gasteiger partial charge in [0.05, 0.1) is 12.5 Å². The van der Waals surface area contributed by atoms with Gasteiger partial charge in [0.25, 0.3) is 5.91 Å². The number of nitrogens with one attached hydrogen (secondary N) is 1. The maximum atomic E-state index is 12.3. The molecule has 1 aromatic heterocycles. The lowest BCUT2D eigenvalue weighted by atomic mass is 9.97. The first kappa shape index (κ1) is 18.8. The summed E-state index contributed by atoms with van der Waals surface area (Å²) in [4.78, 5) is 26.5. The second-order valence-electron chi connectivity index (χ2n) is 7.46. The summed E-state index contributed by atoms with van der Waals surface area (Å²) >= 11 is 0. The Kier molecular flexibility index (Phi) is 5.93. The summed E-state index contributed by atoms with van der Waals surface area (Å²) in [6.45, 7) is 2.89. The highest BCUT2D eigenvalue weighted by Crippen LogP contribution is 2.40. The number of rotatable bonds is 7. The Balaban J connectivity index is 1.48. The van der Waals surface area contributed by atoms with Crippen LogP contribution in [0.5, 0.6) is 0 Å². The third kappa shape index (κ3) is 4.62. The Morgan fingerprint density at radius 1 is 1.46 bits per heavy atom. The summed E-state index contributed by atoms with van der Waals surface area (Å²) in [5, 5.41) is 16.6. The zero-order chi connectivity index (χ0) is 18.7. The van der Waals surface area contributed by atoms with Crippen molar-refractivity contribution in [1.82, 2.24) is 15.4 Å². The summed E-state index contributed by atoms with van der Waals surface area (Å²) in [5.74, 6) is 0.928. The van der Waals surface area contributed by atoms with Crippen LogP contribution < -0.4 is 11.1 Å². The number of piperidine rings is 1. The van der Waals surface area contributed by atoms with Gasteiger partial charge >= 0.3 is 0 Å². The van der Waals surface area contributed by atoms with Crippen LogP contribution in [0, 0.1) is 0 Å². The van der Waals surface area contributed by atoms with Crippen LogP contribution in [0.3, 0.4) is 0 Å². The first-order valence-electron chi connectivity index (χ1n) is 9.43. The van der Waals surface area contributed by atoms with E-state index in [-0.39, 0.29) is 30.3 Å². The molecule has 1 saturated carbocycles. The molecule has 8 heteroatoms.